The summed E-state index contributed by atoms with van der Waals surface area (Å²) >= 11 is 3.36. The van der Waals surface area contributed by atoms with Gasteiger partial charge in [0, 0.05) is 11.0 Å². The van der Waals surface area contributed by atoms with Gasteiger partial charge in [0.25, 0.3) is 0 Å². The van der Waals surface area contributed by atoms with Crippen LogP contribution in [0.5, 0.6) is 0 Å². The summed E-state index contributed by atoms with van der Waals surface area (Å²) in [7, 11) is 0. The summed E-state index contributed by atoms with van der Waals surface area (Å²) in [5.41, 5.74) is 1.06. The van der Waals surface area contributed by atoms with E-state index in [0.29, 0.717) is 17.5 Å². The van der Waals surface area contributed by atoms with E-state index < -0.39 is 5.60 Å². The molecule has 1 aromatic rings. The molecular weight excluding hydrogens is 316 g/mol. The van der Waals surface area contributed by atoms with E-state index in [1.54, 1.807) is 6.07 Å². The third kappa shape index (κ3) is 3.74. The molecule has 0 atom stereocenters. The van der Waals surface area contributed by atoms with E-state index in [9.17, 15) is 5.11 Å². The summed E-state index contributed by atoms with van der Waals surface area (Å²) in [5, 5.41) is 23.0. The van der Waals surface area contributed by atoms with Crippen LogP contribution in [-0.4, -0.2) is 17.3 Å². The molecule has 1 aromatic carbocycles. The Kier molecular flexibility index (Phi) is 4.41. The van der Waals surface area contributed by atoms with Crippen molar-refractivity contribution >= 4 is 21.6 Å². The number of halogens is 1. The molecule has 2 rings (SSSR count). The Bertz CT molecular complexity index is 524. The quantitative estimate of drug-likeness (QED) is 0.874. The highest BCUT2D eigenvalue weighted by atomic mass is 79.9. The number of anilines is 1. The van der Waals surface area contributed by atoms with Crippen LogP contribution in [0.3, 0.4) is 0 Å². The number of nitrogens with one attached hydrogen (secondary N) is 1. The summed E-state index contributed by atoms with van der Waals surface area (Å²) < 4.78 is 0.887. The van der Waals surface area contributed by atoms with Gasteiger partial charge < -0.3 is 10.4 Å². The van der Waals surface area contributed by atoms with Crippen LogP contribution in [0, 0.1) is 16.7 Å². The molecule has 108 valence electrons. The van der Waals surface area contributed by atoms with Gasteiger partial charge in [-0.1, -0.05) is 29.8 Å². The first-order valence-electron chi connectivity index (χ1n) is 7.00. The van der Waals surface area contributed by atoms with Gasteiger partial charge >= 0.3 is 0 Å². The van der Waals surface area contributed by atoms with E-state index in [0.717, 1.165) is 35.8 Å². The zero-order valence-corrected chi connectivity index (χ0v) is 13.6. The second kappa shape index (κ2) is 5.75. The smallest absolute Gasteiger partial charge is 0.101 e. The second-order valence-corrected chi connectivity index (χ2v) is 7.46. The summed E-state index contributed by atoms with van der Waals surface area (Å²) in [4.78, 5) is 0. The second-order valence-electron chi connectivity index (χ2n) is 6.54. The molecule has 0 saturated heterocycles. The van der Waals surface area contributed by atoms with Crippen LogP contribution in [0.1, 0.15) is 45.1 Å². The molecule has 3 nitrogen and oxygen atoms in total. The normalized spacial score (nSPS) is 20.1. The first-order chi connectivity index (χ1) is 9.34. The van der Waals surface area contributed by atoms with Crippen LogP contribution in [-0.2, 0) is 0 Å². The highest BCUT2D eigenvalue weighted by Crippen LogP contribution is 2.40. The molecule has 0 aromatic heterocycles. The van der Waals surface area contributed by atoms with E-state index in [1.165, 1.54) is 0 Å². The Hall–Kier alpha value is -1.05. The maximum Gasteiger partial charge on any atom is 0.101 e. The van der Waals surface area contributed by atoms with Crippen LogP contribution < -0.4 is 5.32 Å². The Balaban J connectivity index is 2.01. The molecule has 0 aliphatic heterocycles. The molecule has 0 radical (unpaired) electrons. The molecule has 0 bridgehead atoms. The Morgan fingerprint density at radius 2 is 1.95 bits per heavy atom. The minimum absolute atomic E-state index is 0.335. The monoisotopic (exact) mass is 336 g/mol. The summed E-state index contributed by atoms with van der Waals surface area (Å²) in [6.07, 6.45) is 3.70. The maximum absolute atomic E-state index is 10.6. The summed E-state index contributed by atoms with van der Waals surface area (Å²) in [5.74, 6) is 0. The third-order valence-electron chi connectivity index (χ3n) is 4.24. The first-order valence-corrected chi connectivity index (χ1v) is 7.79. The topological polar surface area (TPSA) is 56.0 Å². The van der Waals surface area contributed by atoms with Crippen molar-refractivity contribution < 1.29 is 5.11 Å². The number of hydrogen-bond acceptors (Lipinski definition) is 3. The van der Waals surface area contributed by atoms with Gasteiger partial charge in [-0.3, -0.25) is 0 Å². The Morgan fingerprint density at radius 1 is 1.30 bits per heavy atom. The molecule has 0 amide bonds. The number of aliphatic hydroxyl groups is 1. The molecule has 1 aliphatic carbocycles. The molecule has 1 aliphatic rings. The van der Waals surface area contributed by atoms with E-state index >= 15 is 0 Å². The molecular formula is C16H21BrN2O. The van der Waals surface area contributed by atoms with Crippen molar-refractivity contribution in [2.75, 3.05) is 11.9 Å². The predicted molar refractivity (Wildman–Crippen MR) is 84.5 cm³/mol. The Morgan fingerprint density at radius 3 is 2.55 bits per heavy atom. The van der Waals surface area contributed by atoms with Crippen molar-refractivity contribution in [2.24, 2.45) is 5.41 Å². The zero-order chi connectivity index (χ0) is 14.8. The predicted octanol–water partition coefficient (Wildman–Crippen LogP) is 4.06. The molecule has 0 unspecified atom stereocenters. The highest BCUT2D eigenvalue weighted by molar-refractivity contribution is 9.10. The van der Waals surface area contributed by atoms with E-state index in [4.69, 9.17) is 5.26 Å². The number of nitriles is 1. The summed E-state index contributed by atoms with van der Waals surface area (Å²) in [6, 6.07) is 7.74. The lowest BCUT2D eigenvalue weighted by atomic mass is 9.71. The SMILES string of the molecule is CC1(C)CCC(O)(CNc2ccc(Br)cc2C#N)CC1. The Labute approximate surface area is 129 Å². The average Bonchev–Trinajstić information content (AvgIpc) is 2.41. The van der Waals surface area contributed by atoms with Crippen LogP contribution in [0.2, 0.25) is 0 Å². The van der Waals surface area contributed by atoms with Gasteiger partial charge in [0.15, 0.2) is 0 Å². The lowest BCUT2D eigenvalue weighted by Crippen LogP contribution is -2.42. The number of nitrogens with zero attached hydrogens (tertiary/aromatic N) is 1. The summed E-state index contributed by atoms with van der Waals surface area (Å²) in [6.45, 7) is 5.00. The van der Waals surface area contributed by atoms with Crippen molar-refractivity contribution in [2.45, 2.75) is 45.1 Å². The molecule has 1 fully saturated rings. The number of benzene rings is 1. The zero-order valence-electron chi connectivity index (χ0n) is 12.0. The largest absolute Gasteiger partial charge is 0.388 e. The average molecular weight is 337 g/mol. The molecule has 4 heteroatoms. The molecule has 0 heterocycles. The minimum atomic E-state index is -0.657. The molecule has 1 saturated carbocycles. The van der Waals surface area contributed by atoms with E-state index in [1.807, 2.05) is 12.1 Å². The van der Waals surface area contributed by atoms with Gasteiger partial charge in [-0.2, -0.15) is 5.26 Å². The fourth-order valence-electron chi connectivity index (χ4n) is 2.59. The van der Waals surface area contributed by atoms with Crippen molar-refractivity contribution in [1.82, 2.24) is 0 Å². The molecule has 20 heavy (non-hydrogen) atoms. The van der Waals surface area contributed by atoms with Gasteiger partial charge in [-0.25, -0.2) is 0 Å². The minimum Gasteiger partial charge on any atom is -0.388 e. The van der Waals surface area contributed by atoms with Crippen molar-refractivity contribution in [3.63, 3.8) is 0 Å². The fraction of sp³-hybridized carbons (Fsp3) is 0.562. The lowest BCUT2D eigenvalue weighted by molar-refractivity contribution is -0.0145. The van der Waals surface area contributed by atoms with E-state index in [2.05, 4.69) is 41.2 Å². The number of hydrogen-bond donors (Lipinski definition) is 2. The van der Waals surface area contributed by atoms with Crippen molar-refractivity contribution in [3.8, 4) is 6.07 Å². The van der Waals surface area contributed by atoms with Crippen LogP contribution in [0.15, 0.2) is 22.7 Å². The third-order valence-corrected chi connectivity index (χ3v) is 4.74. The number of rotatable bonds is 3. The van der Waals surface area contributed by atoms with Gasteiger partial charge in [-0.05, 0) is 49.3 Å². The van der Waals surface area contributed by atoms with Crippen LogP contribution in [0.25, 0.3) is 0 Å². The van der Waals surface area contributed by atoms with Crippen molar-refractivity contribution in [1.29, 1.82) is 5.26 Å². The van der Waals surface area contributed by atoms with Crippen LogP contribution in [0.4, 0.5) is 5.69 Å². The lowest BCUT2D eigenvalue weighted by Gasteiger charge is -2.40. The van der Waals surface area contributed by atoms with E-state index in [-0.39, 0.29) is 0 Å². The maximum atomic E-state index is 10.6. The van der Waals surface area contributed by atoms with Crippen molar-refractivity contribution in [3.05, 3.63) is 28.2 Å². The van der Waals surface area contributed by atoms with Gasteiger partial charge in [0.2, 0.25) is 0 Å². The van der Waals surface area contributed by atoms with Gasteiger partial charge in [-0.15, -0.1) is 0 Å². The molecule has 2 N–H and O–H groups in total. The first kappa shape index (κ1) is 15.3. The van der Waals surface area contributed by atoms with Crippen LogP contribution >= 0.6 is 15.9 Å². The molecule has 0 spiro atoms. The fourth-order valence-corrected chi connectivity index (χ4v) is 2.95. The standard InChI is InChI=1S/C16H21BrN2O/c1-15(2)5-7-16(20,8-6-15)11-19-14-4-3-13(17)9-12(14)10-18/h3-4,9,19-20H,5-8,11H2,1-2H3. The van der Waals surface area contributed by atoms with Gasteiger partial charge in [0.05, 0.1) is 16.9 Å². The highest BCUT2D eigenvalue weighted by Gasteiger charge is 2.36. The van der Waals surface area contributed by atoms with Gasteiger partial charge in [0.1, 0.15) is 6.07 Å².